The number of H-pyrrole nitrogens is 1. The van der Waals surface area contributed by atoms with Crippen molar-refractivity contribution in [3.8, 4) is 17.1 Å². The van der Waals surface area contributed by atoms with Gasteiger partial charge in [-0.1, -0.05) is 12.1 Å². The van der Waals surface area contributed by atoms with Crippen molar-refractivity contribution < 1.29 is 4.74 Å². The fraction of sp³-hybridized carbons (Fsp3) is 0.167. The number of ether oxygens (including phenoxy) is 1. The smallest absolute Gasteiger partial charge is 0.256 e. The Balaban J connectivity index is 1.78. The summed E-state index contributed by atoms with van der Waals surface area (Å²) in [5.41, 5.74) is 11.2. The molecule has 26 heavy (non-hydrogen) atoms. The maximum Gasteiger partial charge on any atom is 0.256 e. The van der Waals surface area contributed by atoms with Crippen LogP contribution in [0.25, 0.3) is 22.2 Å². The summed E-state index contributed by atoms with van der Waals surface area (Å²) in [6.45, 7) is 1.98. The van der Waals surface area contributed by atoms with Crippen LogP contribution in [0.3, 0.4) is 0 Å². The SMILES string of the molecule is COc1nn(C)cc1Nc1ncc(C)c(-c2c[nH]c3c(N)cccc23)n1. The number of aromatic amines is 1. The summed E-state index contributed by atoms with van der Waals surface area (Å²) in [7, 11) is 3.40. The molecule has 4 aromatic rings. The number of rotatable bonds is 4. The largest absolute Gasteiger partial charge is 0.478 e. The molecule has 0 amide bonds. The molecule has 0 saturated carbocycles. The van der Waals surface area contributed by atoms with E-state index in [1.807, 2.05) is 44.6 Å². The second-order valence-corrected chi connectivity index (χ2v) is 6.05. The number of hydrogen-bond donors (Lipinski definition) is 3. The molecule has 4 N–H and O–H groups in total. The van der Waals surface area contributed by atoms with Gasteiger partial charge in [0, 0.05) is 30.4 Å². The molecule has 3 heterocycles. The first-order valence-corrected chi connectivity index (χ1v) is 8.11. The van der Waals surface area contributed by atoms with E-state index in [1.165, 1.54) is 0 Å². The van der Waals surface area contributed by atoms with E-state index in [0.717, 1.165) is 27.7 Å². The monoisotopic (exact) mass is 349 g/mol. The van der Waals surface area contributed by atoms with Crippen molar-refractivity contribution in [1.82, 2.24) is 24.7 Å². The van der Waals surface area contributed by atoms with Crippen molar-refractivity contribution in [1.29, 1.82) is 0 Å². The van der Waals surface area contributed by atoms with Gasteiger partial charge in [0.2, 0.25) is 5.95 Å². The van der Waals surface area contributed by atoms with Gasteiger partial charge in [-0.05, 0) is 18.6 Å². The van der Waals surface area contributed by atoms with Crippen molar-refractivity contribution in [2.24, 2.45) is 7.05 Å². The van der Waals surface area contributed by atoms with Crippen LogP contribution in [0.4, 0.5) is 17.3 Å². The summed E-state index contributed by atoms with van der Waals surface area (Å²) in [5.74, 6) is 0.952. The van der Waals surface area contributed by atoms with Gasteiger partial charge in [0.15, 0.2) is 0 Å². The summed E-state index contributed by atoms with van der Waals surface area (Å²) >= 11 is 0. The zero-order valence-electron chi connectivity index (χ0n) is 14.7. The zero-order valence-corrected chi connectivity index (χ0v) is 14.7. The van der Waals surface area contributed by atoms with Crippen LogP contribution in [-0.4, -0.2) is 31.8 Å². The van der Waals surface area contributed by atoms with E-state index in [9.17, 15) is 0 Å². The first kappa shape index (κ1) is 15.9. The summed E-state index contributed by atoms with van der Waals surface area (Å²) < 4.78 is 6.93. The van der Waals surface area contributed by atoms with Gasteiger partial charge < -0.3 is 20.8 Å². The topological polar surface area (TPSA) is 107 Å². The van der Waals surface area contributed by atoms with Crippen LogP contribution in [0, 0.1) is 6.92 Å². The van der Waals surface area contributed by atoms with Crippen LogP contribution in [0.2, 0.25) is 0 Å². The van der Waals surface area contributed by atoms with E-state index in [-0.39, 0.29) is 0 Å². The molecule has 8 heteroatoms. The third-order valence-corrected chi connectivity index (χ3v) is 4.21. The number of para-hydroxylation sites is 1. The van der Waals surface area contributed by atoms with E-state index in [4.69, 9.17) is 15.5 Å². The number of fused-ring (bicyclic) bond motifs is 1. The fourth-order valence-corrected chi connectivity index (χ4v) is 2.97. The van der Waals surface area contributed by atoms with Crippen molar-refractivity contribution >= 4 is 28.2 Å². The Hall–Kier alpha value is -3.55. The van der Waals surface area contributed by atoms with Crippen molar-refractivity contribution in [3.05, 3.63) is 42.4 Å². The van der Waals surface area contributed by atoms with Crippen LogP contribution in [-0.2, 0) is 7.05 Å². The third kappa shape index (κ3) is 2.61. The number of nitrogens with one attached hydrogen (secondary N) is 2. The van der Waals surface area contributed by atoms with Crippen molar-refractivity contribution in [3.63, 3.8) is 0 Å². The Labute approximate surface area is 150 Å². The number of aromatic nitrogens is 5. The van der Waals surface area contributed by atoms with Crippen LogP contribution < -0.4 is 15.8 Å². The van der Waals surface area contributed by atoms with Crippen LogP contribution in [0.1, 0.15) is 5.56 Å². The number of methoxy groups -OCH3 is 1. The molecule has 0 radical (unpaired) electrons. The van der Waals surface area contributed by atoms with Crippen molar-refractivity contribution in [2.75, 3.05) is 18.2 Å². The Bertz CT molecular complexity index is 1100. The number of aryl methyl sites for hydroxylation is 2. The highest BCUT2D eigenvalue weighted by atomic mass is 16.5. The molecular weight excluding hydrogens is 330 g/mol. The minimum Gasteiger partial charge on any atom is -0.478 e. The molecule has 0 unspecified atom stereocenters. The maximum absolute atomic E-state index is 6.05. The lowest BCUT2D eigenvalue weighted by Crippen LogP contribution is -2.00. The molecule has 132 valence electrons. The van der Waals surface area contributed by atoms with E-state index in [0.29, 0.717) is 23.2 Å². The Morgan fingerprint density at radius 2 is 2.15 bits per heavy atom. The Morgan fingerprint density at radius 3 is 2.96 bits per heavy atom. The second-order valence-electron chi connectivity index (χ2n) is 6.05. The predicted octanol–water partition coefficient (Wildman–Crippen LogP) is 3.00. The molecule has 0 spiro atoms. The highest BCUT2D eigenvalue weighted by molar-refractivity contribution is 6.00. The van der Waals surface area contributed by atoms with Crippen LogP contribution in [0.15, 0.2) is 36.8 Å². The molecule has 0 bridgehead atoms. The molecule has 0 saturated heterocycles. The highest BCUT2D eigenvalue weighted by Gasteiger charge is 2.14. The third-order valence-electron chi connectivity index (χ3n) is 4.21. The molecule has 8 nitrogen and oxygen atoms in total. The molecule has 0 aliphatic rings. The minimum atomic E-state index is 0.468. The summed E-state index contributed by atoms with van der Waals surface area (Å²) in [6.07, 6.45) is 5.53. The number of anilines is 3. The molecule has 0 aliphatic carbocycles. The molecular formula is C18H19N7O. The van der Waals surface area contributed by atoms with Gasteiger partial charge in [-0.3, -0.25) is 4.68 Å². The lowest BCUT2D eigenvalue weighted by atomic mass is 10.1. The maximum atomic E-state index is 6.05. The number of nitrogens with two attached hydrogens (primary N) is 1. The molecule has 0 atom stereocenters. The lowest BCUT2D eigenvalue weighted by Gasteiger charge is -2.08. The van der Waals surface area contributed by atoms with E-state index in [2.05, 4.69) is 20.4 Å². The van der Waals surface area contributed by atoms with E-state index >= 15 is 0 Å². The number of benzene rings is 1. The predicted molar refractivity (Wildman–Crippen MR) is 102 cm³/mol. The normalized spacial score (nSPS) is 11.0. The van der Waals surface area contributed by atoms with E-state index in [1.54, 1.807) is 18.0 Å². The first-order chi connectivity index (χ1) is 12.6. The van der Waals surface area contributed by atoms with Gasteiger partial charge >= 0.3 is 0 Å². The number of nitrogens with zero attached hydrogens (tertiary/aromatic N) is 4. The highest BCUT2D eigenvalue weighted by Crippen LogP contribution is 2.33. The van der Waals surface area contributed by atoms with Crippen molar-refractivity contribution in [2.45, 2.75) is 6.92 Å². The number of nitrogen functional groups attached to an aromatic ring is 1. The van der Waals surface area contributed by atoms with Gasteiger partial charge in [0.05, 0.1) is 30.2 Å². The minimum absolute atomic E-state index is 0.468. The van der Waals surface area contributed by atoms with Gasteiger partial charge in [-0.15, -0.1) is 5.10 Å². The van der Waals surface area contributed by atoms with Crippen LogP contribution in [0.5, 0.6) is 5.88 Å². The molecule has 1 aromatic carbocycles. The van der Waals surface area contributed by atoms with Gasteiger partial charge in [0.25, 0.3) is 5.88 Å². The van der Waals surface area contributed by atoms with E-state index < -0.39 is 0 Å². The Kier molecular flexibility index (Phi) is 3.72. The standard InChI is InChI=1S/C18H19N7O/c1-10-7-21-18(22-14-9-25(2)24-17(14)26-3)23-15(10)12-8-20-16-11(12)5-4-6-13(16)19/h4-9,20H,19H2,1-3H3,(H,21,22,23). The fourth-order valence-electron chi connectivity index (χ4n) is 2.97. The summed E-state index contributed by atoms with van der Waals surface area (Å²) in [6, 6.07) is 5.83. The quantitative estimate of drug-likeness (QED) is 0.489. The lowest BCUT2D eigenvalue weighted by molar-refractivity contribution is 0.393. The number of hydrogen-bond acceptors (Lipinski definition) is 6. The van der Waals surface area contributed by atoms with Gasteiger partial charge in [-0.25, -0.2) is 9.97 Å². The second kappa shape index (κ2) is 6.07. The average Bonchev–Trinajstić information content (AvgIpc) is 3.21. The molecule has 0 fully saturated rings. The molecule has 4 rings (SSSR count). The Morgan fingerprint density at radius 1 is 1.31 bits per heavy atom. The average molecular weight is 349 g/mol. The molecule has 0 aliphatic heterocycles. The van der Waals surface area contributed by atoms with Gasteiger partial charge in [0.1, 0.15) is 5.69 Å². The summed E-state index contributed by atoms with van der Waals surface area (Å²) in [5, 5.41) is 8.42. The van der Waals surface area contributed by atoms with Crippen LogP contribution >= 0.6 is 0 Å². The summed E-state index contributed by atoms with van der Waals surface area (Å²) in [4.78, 5) is 12.3. The first-order valence-electron chi connectivity index (χ1n) is 8.11. The zero-order chi connectivity index (χ0) is 18.3. The van der Waals surface area contributed by atoms with Gasteiger partial charge in [-0.2, -0.15) is 0 Å². The molecule has 3 aromatic heterocycles.